The van der Waals surface area contributed by atoms with Gasteiger partial charge in [-0.05, 0) is 12.8 Å². The molecule has 1 atom stereocenters. The molecule has 1 fully saturated rings. The summed E-state index contributed by atoms with van der Waals surface area (Å²) in [5, 5.41) is 0.766. The van der Waals surface area contributed by atoms with Crippen LogP contribution in [0.15, 0.2) is 0 Å². The molecule has 0 aliphatic carbocycles. The Bertz CT molecular complexity index is 101. The van der Waals surface area contributed by atoms with Crippen molar-refractivity contribution in [1.82, 2.24) is 0 Å². The highest BCUT2D eigenvalue weighted by Crippen LogP contribution is 2.24. The molecule has 1 unspecified atom stereocenters. The predicted molar refractivity (Wildman–Crippen MR) is 40.8 cm³/mol. The second-order valence-corrected chi connectivity index (χ2v) is 3.71. The van der Waals surface area contributed by atoms with Crippen LogP contribution in [0, 0.1) is 0 Å². The van der Waals surface area contributed by atoms with Gasteiger partial charge in [0.15, 0.2) is 0 Å². The van der Waals surface area contributed by atoms with Crippen molar-refractivity contribution in [2.24, 2.45) is 0 Å². The second-order valence-electron chi connectivity index (χ2n) is 2.42. The molecule has 1 aliphatic heterocycles. The zero-order valence-electron chi connectivity index (χ0n) is 5.72. The quantitative estimate of drug-likeness (QED) is 0.558. The largest absolute Gasteiger partial charge is 0.299 e. The lowest BCUT2D eigenvalue weighted by molar-refractivity contribution is -0.116. The van der Waals surface area contributed by atoms with E-state index in [0.717, 1.165) is 23.8 Å². The van der Waals surface area contributed by atoms with Gasteiger partial charge in [0.05, 0.1) is 5.75 Å². The van der Waals surface area contributed by atoms with Gasteiger partial charge in [0, 0.05) is 11.7 Å². The molecule has 0 aromatic carbocycles. The highest BCUT2D eigenvalue weighted by Gasteiger charge is 2.16. The summed E-state index contributed by atoms with van der Waals surface area (Å²) in [4.78, 5) is 10.7. The molecule has 0 N–H and O–H groups in total. The normalized spacial score (nSPS) is 28.6. The second kappa shape index (κ2) is 3.25. The van der Waals surface area contributed by atoms with Gasteiger partial charge in [0.25, 0.3) is 0 Å². The maximum atomic E-state index is 10.7. The van der Waals surface area contributed by atoms with Gasteiger partial charge in [0.1, 0.15) is 5.78 Å². The zero-order chi connectivity index (χ0) is 6.69. The molecule has 0 bridgehead atoms. The lowest BCUT2D eigenvalue weighted by Crippen LogP contribution is -2.16. The summed E-state index contributed by atoms with van der Waals surface area (Å²) in [5.74, 6) is 1.20. The minimum atomic E-state index is 0.435. The molecule has 0 aromatic rings. The molecule has 0 radical (unpaired) electrons. The first-order chi connectivity index (χ1) is 4.33. The zero-order valence-corrected chi connectivity index (χ0v) is 6.54. The van der Waals surface area contributed by atoms with E-state index < -0.39 is 0 Å². The van der Waals surface area contributed by atoms with Crippen LogP contribution in [-0.4, -0.2) is 16.8 Å². The molecule has 1 rings (SSSR count). The first kappa shape index (κ1) is 7.13. The van der Waals surface area contributed by atoms with Crippen LogP contribution in [0.1, 0.15) is 26.2 Å². The van der Waals surface area contributed by atoms with Gasteiger partial charge in [-0.2, -0.15) is 11.8 Å². The highest BCUT2D eigenvalue weighted by molar-refractivity contribution is 8.00. The molecule has 0 aromatic heterocycles. The Kier molecular flexibility index (Phi) is 2.58. The standard InChI is InChI=1S/C7H12OS/c1-2-7-4-3-6(8)5-9-7/h7H,2-5H2,1H3. The summed E-state index contributed by atoms with van der Waals surface area (Å²) in [6.07, 6.45) is 3.16. The number of hydrogen-bond donors (Lipinski definition) is 0. The fourth-order valence-corrected chi connectivity index (χ4v) is 2.10. The van der Waals surface area contributed by atoms with Crippen LogP contribution in [-0.2, 0) is 4.79 Å². The highest BCUT2D eigenvalue weighted by atomic mass is 32.2. The molecule has 2 heteroatoms. The number of rotatable bonds is 1. The maximum Gasteiger partial charge on any atom is 0.142 e. The fraction of sp³-hybridized carbons (Fsp3) is 0.857. The van der Waals surface area contributed by atoms with Crippen LogP contribution in [0.2, 0.25) is 0 Å². The SMILES string of the molecule is CCC1CCC(=O)CS1. The van der Waals surface area contributed by atoms with Gasteiger partial charge in [0.2, 0.25) is 0 Å². The molecule has 1 saturated heterocycles. The Labute approximate surface area is 60.2 Å². The monoisotopic (exact) mass is 144 g/mol. The summed E-state index contributed by atoms with van der Waals surface area (Å²) in [7, 11) is 0. The number of thioether (sulfide) groups is 1. The minimum Gasteiger partial charge on any atom is -0.299 e. The van der Waals surface area contributed by atoms with Gasteiger partial charge in [-0.3, -0.25) is 4.79 Å². The van der Waals surface area contributed by atoms with E-state index in [4.69, 9.17) is 0 Å². The number of ketones is 1. The van der Waals surface area contributed by atoms with Crippen molar-refractivity contribution in [2.45, 2.75) is 31.4 Å². The van der Waals surface area contributed by atoms with E-state index in [-0.39, 0.29) is 0 Å². The Balaban J connectivity index is 2.26. The van der Waals surface area contributed by atoms with Crippen molar-refractivity contribution in [3.05, 3.63) is 0 Å². The van der Waals surface area contributed by atoms with Gasteiger partial charge in [-0.1, -0.05) is 6.92 Å². The Morgan fingerprint density at radius 3 is 3.00 bits per heavy atom. The molecule has 0 saturated carbocycles. The topological polar surface area (TPSA) is 17.1 Å². The average Bonchev–Trinajstić information content (AvgIpc) is 1.90. The van der Waals surface area contributed by atoms with E-state index in [2.05, 4.69) is 6.92 Å². The van der Waals surface area contributed by atoms with Gasteiger partial charge in [-0.25, -0.2) is 0 Å². The van der Waals surface area contributed by atoms with Gasteiger partial charge in [-0.15, -0.1) is 0 Å². The number of Topliss-reactive ketones (excluding diaryl/α,β-unsaturated/α-hetero) is 1. The molecule has 0 spiro atoms. The van der Waals surface area contributed by atoms with Crippen molar-refractivity contribution < 1.29 is 4.79 Å². The van der Waals surface area contributed by atoms with Crippen LogP contribution in [0.3, 0.4) is 0 Å². The Hall–Kier alpha value is 0.0200. The van der Waals surface area contributed by atoms with Crippen molar-refractivity contribution >= 4 is 17.5 Å². The van der Waals surface area contributed by atoms with E-state index >= 15 is 0 Å². The summed E-state index contributed by atoms with van der Waals surface area (Å²) in [6.45, 7) is 2.19. The molecule has 1 aliphatic rings. The molecule has 9 heavy (non-hydrogen) atoms. The fourth-order valence-electron chi connectivity index (χ4n) is 1.01. The molecule has 0 amide bonds. The van der Waals surface area contributed by atoms with Crippen molar-refractivity contribution in [1.29, 1.82) is 0 Å². The summed E-state index contributed by atoms with van der Waals surface area (Å²) >= 11 is 1.82. The Morgan fingerprint density at radius 2 is 2.56 bits per heavy atom. The molecular weight excluding hydrogens is 132 g/mol. The van der Waals surface area contributed by atoms with Crippen LogP contribution in [0.25, 0.3) is 0 Å². The first-order valence-electron chi connectivity index (χ1n) is 3.46. The molecule has 1 nitrogen and oxygen atoms in total. The third kappa shape index (κ3) is 2.01. The third-order valence-electron chi connectivity index (χ3n) is 1.68. The van der Waals surface area contributed by atoms with E-state index in [1.165, 1.54) is 6.42 Å². The van der Waals surface area contributed by atoms with E-state index in [1.807, 2.05) is 11.8 Å². The van der Waals surface area contributed by atoms with E-state index in [1.54, 1.807) is 0 Å². The smallest absolute Gasteiger partial charge is 0.142 e. The average molecular weight is 144 g/mol. The molecular formula is C7H12OS. The summed E-state index contributed by atoms with van der Waals surface area (Å²) < 4.78 is 0. The number of hydrogen-bond acceptors (Lipinski definition) is 2. The number of carbonyl (C=O) groups excluding carboxylic acids is 1. The first-order valence-corrected chi connectivity index (χ1v) is 4.51. The summed E-state index contributed by atoms with van der Waals surface area (Å²) in [6, 6.07) is 0. The van der Waals surface area contributed by atoms with E-state index in [0.29, 0.717) is 5.78 Å². The van der Waals surface area contributed by atoms with Crippen LogP contribution < -0.4 is 0 Å². The lowest BCUT2D eigenvalue weighted by Gasteiger charge is -2.17. The van der Waals surface area contributed by atoms with E-state index in [9.17, 15) is 4.79 Å². The number of carbonyl (C=O) groups is 1. The van der Waals surface area contributed by atoms with Crippen molar-refractivity contribution in [2.75, 3.05) is 5.75 Å². The lowest BCUT2D eigenvalue weighted by atomic mass is 10.1. The Morgan fingerprint density at radius 1 is 1.78 bits per heavy atom. The van der Waals surface area contributed by atoms with Crippen LogP contribution >= 0.6 is 11.8 Å². The summed E-state index contributed by atoms with van der Waals surface area (Å²) in [5.41, 5.74) is 0. The minimum absolute atomic E-state index is 0.435. The predicted octanol–water partition coefficient (Wildman–Crippen LogP) is 1.86. The third-order valence-corrected chi connectivity index (χ3v) is 3.21. The maximum absolute atomic E-state index is 10.7. The van der Waals surface area contributed by atoms with Gasteiger partial charge < -0.3 is 0 Å². The molecule has 1 heterocycles. The van der Waals surface area contributed by atoms with Crippen molar-refractivity contribution in [3.63, 3.8) is 0 Å². The molecule has 52 valence electrons. The van der Waals surface area contributed by atoms with Gasteiger partial charge >= 0.3 is 0 Å². The van der Waals surface area contributed by atoms with Crippen LogP contribution in [0.4, 0.5) is 0 Å². The van der Waals surface area contributed by atoms with Crippen molar-refractivity contribution in [3.8, 4) is 0 Å². The van der Waals surface area contributed by atoms with Crippen LogP contribution in [0.5, 0.6) is 0 Å².